The van der Waals surface area contributed by atoms with Gasteiger partial charge in [0.05, 0.1) is 17.0 Å². The van der Waals surface area contributed by atoms with Crippen LogP contribution in [0.3, 0.4) is 0 Å². The summed E-state index contributed by atoms with van der Waals surface area (Å²) in [5, 5.41) is 12.6. The van der Waals surface area contributed by atoms with Crippen LogP contribution in [-0.2, 0) is 20.1 Å². The number of nitrogens with one attached hydrogen (secondary N) is 1. The van der Waals surface area contributed by atoms with E-state index in [0.29, 0.717) is 22.3 Å². The van der Waals surface area contributed by atoms with Crippen LogP contribution in [0.25, 0.3) is 0 Å². The van der Waals surface area contributed by atoms with E-state index in [0.717, 1.165) is 5.56 Å². The molecule has 2 unspecified atom stereocenters. The molecule has 0 saturated carbocycles. The highest BCUT2D eigenvalue weighted by atomic mass is 32.2. The van der Waals surface area contributed by atoms with Gasteiger partial charge < -0.3 is 9.53 Å². The van der Waals surface area contributed by atoms with Crippen LogP contribution < -0.4 is 4.72 Å². The van der Waals surface area contributed by atoms with Crippen molar-refractivity contribution in [3.05, 3.63) is 101 Å². The van der Waals surface area contributed by atoms with Crippen LogP contribution in [0.4, 0.5) is 0 Å². The number of hydrogen-bond donors (Lipinski definition) is 2. The fraction of sp³-hybridized carbons (Fsp3) is 0.419. The minimum atomic E-state index is -4.05. The molecule has 3 aromatic rings. The molecule has 3 rings (SSSR count). The molecule has 0 bridgehead atoms. The molecule has 2 N–H and O–H groups in total. The maximum absolute atomic E-state index is 14.1. The summed E-state index contributed by atoms with van der Waals surface area (Å²) in [5.41, 5.74) is 1.78. The molecule has 5 nitrogen and oxygen atoms in total. The normalized spacial score (nSPS) is 14.8. The molecule has 0 aliphatic heterocycles. The maximum atomic E-state index is 14.1. The van der Waals surface area contributed by atoms with Crippen LogP contribution in [0, 0.1) is 20.8 Å². The fourth-order valence-electron chi connectivity index (χ4n) is 4.96. The molecular weight excluding hydrogens is 510 g/mol. The number of hydrogen-bond acceptors (Lipinski definition) is 4. The van der Waals surface area contributed by atoms with Gasteiger partial charge in [0.25, 0.3) is 0 Å². The lowest BCUT2D eigenvalue weighted by atomic mass is 9.78. The van der Waals surface area contributed by atoms with E-state index in [9.17, 15) is 13.5 Å². The Morgan fingerprint density at radius 3 is 1.66 bits per heavy atom. The molecule has 0 fully saturated rings. The van der Waals surface area contributed by atoms with Gasteiger partial charge in [0.1, 0.15) is 5.60 Å². The number of sulfonamides is 1. The molecule has 0 heterocycles. The molecule has 0 radical (unpaired) electrons. The summed E-state index contributed by atoms with van der Waals surface area (Å²) in [6.07, 6.45) is -0.651. The van der Waals surface area contributed by atoms with E-state index in [1.54, 1.807) is 13.8 Å². The van der Waals surface area contributed by atoms with Gasteiger partial charge in [0.2, 0.25) is 10.0 Å². The summed E-state index contributed by atoms with van der Waals surface area (Å²) < 4.78 is 37.9. The van der Waals surface area contributed by atoms with Crippen molar-refractivity contribution in [2.45, 2.75) is 89.2 Å². The highest BCUT2D eigenvalue weighted by molar-refractivity contribution is 7.89. The van der Waals surface area contributed by atoms with Crippen molar-refractivity contribution in [1.29, 1.82) is 0 Å². The van der Waals surface area contributed by atoms with Crippen LogP contribution >= 0.6 is 0 Å². The van der Waals surface area contributed by atoms with Gasteiger partial charge in [-0.05, 0) is 68.1 Å². The first-order valence-corrected chi connectivity index (χ1v) is 17.5. The summed E-state index contributed by atoms with van der Waals surface area (Å²) in [7, 11) is -6.39. The van der Waals surface area contributed by atoms with Crippen molar-refractivity contribution < 1.29 is 18.0 Å². The third-order valence-corrected chi connectivity index (χ3v) is 14.1. The van der Waals surface area contributed by atoms with Gasteiger partial charge in [0, 0.05) is 0 Å². The smallest absolute Gasteiger partial charge is 0.241 e. The molecule has 206 valence electrons. The van der Waals surface area contributed by atoms with E-state index in [1.165, 1.54) is 0 Å². The zero-order valence-corrected chi connectivity index (χ0v) is 26.0. The monoisotopic (exact) mass is 553 g/mol. The average Bonchev–Trinajstić information content (AvgIpc) is 2.81. The zero-order chi connectivity index (χ0) is 28.5. The first-order valence-electron chi connectivity index (χ1n) is 13.1. The Labute approximate surface area is 230 Å². The highest BCUT2D eigenvalue weighted by Gasteiger charge is 2.49. The number of rotatable bonds is 9. The van der Waals surface area contributed by atoms with Crippen molar-refractivity contribution in [2.24, 2.45) is 0 Å². The standard InChI is InChI=1S/C31H43NO4SSi/c1-22-20-23(2)28(24(3)21-22)37(34,35)32-29(25(4)36-38(8,9)30(5,6)7)31(33,26-16-12-10-13-17-26)27-18-14-11-15-19-27/h10-21,25,29,32-33H,1-9H3. The minimum absolute atomic E-state index is 0.105. The second-order valence-corrected chi connectivity index (χ2v) is 18.3. The van der Waals surface area contributed by atoms with Gasteiger partial charge in [0.15, 0.2) is 8.32 Å². The van der Waals surface area contributed by atoms with Crippen LogP contribution in [0.1, 0.15) is 55.5 Å². The molecule has 0 aliphatic carbocycles. The van der Waals surface area contributed by atoms with Gasteiger partial charge in [-0.25, -0.2) is 13.1 Å². The summed E-state index contributed by atoms with van der Waals surface area (Å²) in [6.45, 7) is 18.1. The Bertz CT molecular complexity index is 1290. The van der Waals surface area contributed by atoms with E-state index in [-0.39, 0.29) is 9.93 Å². The van der Waals surface area contributed by atoms with E-state index in [1.807, 2.05) is 86.6 Å². The van der Waals surface area contributed by atoms with Crippen LogP contribution in [0.5, 0.6) is 0 Å². The van der Waals surface area contributed by atoms with Crippen molar-refractivity contribution in [1.82, 2.24) is 4.72 Å². The third-order valence-electron chi connectivity index (χ3n) is 7.79. The second-order valence-electron chi connectivity index (χ2n) is 11.9. The lowest BCUT2D eigenvalue weighted by Crippen LogP contribution is -2.59. The fourth-order valence-corrected chi connectivity index (χ4v) is 8.16. The lowest BCUT2D eigenvalue weighted by Gasteiger charge is -2.45. The molecule has 0 amide bonds. The van der Waals surface area contributed by atoms with E-state index in [2.05, 4.69) is 38.6 Å². The molecule has 2 atom stereocenters. The first kappa shape index (κ1) is 30.3. The zero-order valence-electron chi connectivity index (χ0n) is 24.2. The summed E-state index contributed by atoms with van der Waals surface area (Å²) in [4.78, 5) is 0.232. The van der Waals surface area contributed by atoms with Crippen molar-refractivity contribution in [3.8, 4) is 0 Å². The largest absolute Gasteiger partial charge is 0.412 e. The van der Waals surface area contributed by atoms with Gasteiger partial charge >= 0.3 is 0 Å². The SMILES string of the molecule is Cc1cc(C)c(S(=O)(=O)NC(C(C)O[Si](C)(C)C(C)(C)C)C(O)(c2ccccc2)c2ccccc2)c(C)c1. The van der Waals surface area contributed by atoms with Crippen molar-refractivity contribution >= 4 is 18.3 Å². The van der Waals surface area contributed by atoms with E-state index in [4.69, 9.17) is 4.43 Å². The van der Waals surface area contributed by atoms with Gasteiger partial charge in [-0.3, -0.25) is 0 Å². The summed E-state index contributed by atoms with van der Waals surface area (Å²) in [5.74, 6) is 0. The molecule has 3 aromatic carbocycles. The number of aliphatic hydroxyl groups is 1. The molecule has 0 saturated heterocycles. The van der Waals surface area contributed by atoms with E-state index >= 15 is 0 Å². The van der Waals surface area contributed by atoms with Crippen molar-refractivity contribution in [3.63, 3.8) is 0 Å². The van der Waals surface area contributed by atoms with Gasteiger partial charge in [-0.1, -0.05) is 99.1 Å². The van der Waals surface area contributed by atoms with Crippen LogP contribution in [0.2, 0.25) is 18.1 Å². The summed E-state index contributed by atoms with van der Waals surface area (Å²) in [6, 6.07) is 21.2. The maximum Gasteiger partial charge on any atom is 0.241 e. The first-order chi connectivity index (χ1) is 17.5. The highest BCUT2D eigenvalue weighted by Crippen LogP contribution is 2.41. The van der Waals surface area contributed by atoms with Gasteiger partial charge in [-0.2, -0.15) is 0 Å². The van der Waals surface area contributed by atoms with Crippen molar-refractivity contribution in [2.75, 3.05) is 0 Å². The molecule has 0 spiro atoms. The van der Waals surface area contributed by atoms with E-state index < -0.39 is 36.1 Å². The molecule has 0 aliphatic rings. The average molecular weight is 554 g/mol. The van der Waals surface area contributed by atoms with Gasteiger partial charge in [-0.15, -0.1) is 0 Å². The molecular formula is C31H43NO4SSi. The summed E-state index contributed by atoms with van der Waals surface area (Å²) >= 11 is 0. The Morgan fingerprint density at radius 2 is 1.26 bits per heavy atom. The lowest BCUT2D eigenvalue weighted by molar-refractivity contribution is -0.00270. The molecule has 7 heteroatoms. The number of benzene rings is 3. The molecule has 0 aromatic heterocycles. The Hall–Kier alpha value is -2.29. The predicted octanol–water partition coefficient (Wildman–Crippen LogP) is 6.61. The van der Waals surface area contributed by atoms with Crippen LogP contribution in [-0.4, -0.2) is 34.0 Å². The Balaban J connectivity index is 2.26. The quantitative estimate of drug-likeness (QED) is 0.293. The number of aryl methyl sites for hydroxylation is 3. The second kappa shape index (κ2) is 11.1. The topological polar surface area (TPSA) is 75.6 Å². The van der Waals surface area contributed by atoms with Crippen LogP contribution in [0.15, 0.2) is 77.7 Å². The Kier molecular flexibility index (Phi) is 8.81. The minimum Gasteiger partial charge on any atom is -0.412 e. The third kappa shape index (κ3) is 6.13. The molecule has 38 heavy (non-hydrogen) atoms. The Morgan fingerprint density at radius 1 is 0.842 bits per heavy atom. The predicted molar refractivity (Wildman–Crippen MR) is 158 cm³/mol.